The first-order valence-corrected chi connectivity index (χ1v) is 14.8. The molecule has 5 rings (SSSR count). The van der Waals surface area contributed by atoms with E-state index < -0.39 is 24.0 Å². The Hall–Kier alpha value is -3.50. The Balaban J connectivity index is 1.50. The molecule has 1 amide bonds. The van der Waals surface area contributed by atoms with E-state index in [0.717, 1.165) is 28.2 Å². The minimum absolute atomic E-state index is 0.106. The fraction of sp³-hybridized carbons (Fsp3) is 0.344. The van der Waals surface area contributed by atoms with Gasteiger partial charge in [-0.3, -0.25) is 4.79 Å². The van der Waals surface area contributed by atoms with Gasteiger partial charge in [-0.1, -0.05) is 54.6 Å². The average Bonchev–Trinajstić information content (AvgIpc) is 3.39. The Labute approximate surface area is 245 Å². The third kappa shape index (κ3) is 5.81. The molecule has 9 heteroatoms. The molecule has 2 aliphatic heterocycles. The first-order chi connectivity index (χ1) is 19.9. The van der Waals surface area contributed by atoms with Crippen molar-refractivity contribution in [2.75, 3.05) is 27.1 Å². The topological polar surface area (TPSA) is 89.5 Å². The second-order valence-electron chi connectivity index (χ2n) is 10.1. The highest BCUT2D eigenvalue weighted by Gasteiger charge is 2.44. The summed E-state index contributed by atoms with van der Waals surface area (Å²) >= 11 is 1.50. The minimum atomic E-state index is -1.02. The molecule has 2 heterocycles. The van der Waals surface area contributed by atoms with Crippen LogP contribution in [0.25, 0.3) is 0 Å². The predicted molar refractivity (Wildman–Crippen MR) is 159 cm³/mol. The number of carbonyl (C=O) groups is 1. The zero-order chi connectivity index (χ0) is 29.0. The van der Waals surface area contributed by atoms with E-state index >= 15 is 0 Å². The molecule has 41 heavy (non-hydrogen) atoms. The van der Waals surface area contributed by atoms with Crippen LogP contribution in [0.1, 0.15) is 30.0 Å². The van der Waals surface area contributed by atoms with Crippen LogP contribution in [-0.4, -0.2) is 66.9 Å². The van der Waals surface area contributed by atoms with Gasteiger partial charge in [-0.2, -0.15) is 0 Å². The number of amides is 1. The number of aliphatic hydroxyl groups is 1. The van der Waals surface area contributed by atoms with Crippen molar-refractivity contribution in [1.29, 1.82) is 0 Å². The molecule has 0 aromatic heterocycles. The van der Waals surface area contributed by atoms with Gasteiger partial charge in [0.25, 0.3) is 5.91 Å². The number of ether oxygens (including phenoxy) is 4. The predicted octanol–water partition coefficient (Wildman–Crippen LogP) is 4.47. The van der Waals surface area contributed by atoms with Crippen molar-refractivity contribution >= 4 is 17.7 Å². The first-order valence-electron chi connectivity index (χ1n) is 13.5. The normalized spacial score (nSPS) is 22.7. The lowest BCUT2D eigenvalue weighted by Gasteiger charge is -2.38. The number of carbonyl (C=O) groups excluding carboxylic acids is 1. The average molecular weight is 577 g/mol. The molecule has 1 fully saturated rings. The van der Waals surface area contributed by atoms with Crippen LogP contribution < -0.4 is 14.8 Å². The quantitative estimate of drug-likeness (QED) is 0.342. The molecule has 0 bridgehead atoms. The van der Waals surface area contributed by atoms with E-state index in [9.17, 15) is 9.90 Å². The van der Waals surface area contributed by atoms with Crippen molar-refractivity contribution in [1.82, 2.24) is 10.2 Å². The minimum Gasteiger partial charge on any atom is -0.497 e. The second kappa shape index (κ2) is 12.6. The van der Waals surface area contributed by atoms with Crippen LogP contribution in [0.2, 0.25) is 0 Å². The molecule has 3 aromatic carbocycles. The maximum Gasteiger partial charge on any atom is 0.250 e. The van der Waals surface area contributed by atoms with Gasteiger partial charge < -0.3 is 34.3 Å². The summed E-state index contributed by atoms with van der Waals surface area (Å²) < 4.78 is 24.2. The number of aliphatic hydroxyl groups excluding tert-OH is 1. The van der Waals surface area contributed by atoms with Crippen molar-refractivity contribution in [2.24, 2.45) is 0 Å². The summed E-state index contributed by atoms with van der Waals surface area (Å²) in [5.41, 5.74) is 2.02. The van der Waals surface area contributed by atoms with Crippen LogP contribution >= 0.6 is 11.8 Å². The largest absolute Gasteiger partial charge is 0.497 e. The second-order valence-corrected chi connectivity index (χ2v) is 11.0. The Morgan fingerprint density at radius 3 is 2.05 bits per heavy atom. The highest BCUT2D eigenvalue weighted by molar-refractivity contribution is 7.99. The molecule has 1 unspecified atom stereocenters. The van der Waals surface area contributed by atoms with Crippen molar-refractivity contribution < 1.29 is 28.8 Å². The number of benzene rings is 3. The van der Waals surface area contributed by atoms with Gasteiger partial charge in [0.1, 0.15) is 29.4 Å². The fourth-order valence-electron chi connectivity index (χ4n) is 5.40. The van der Waals surface area contributed by atoms with Gasteiger partial charge in [0.05, 0.1) is 26.9 Å². The summed E-state index contributed by atoms with van der Waals surface area (Å²) in [6, 6.07) is 25.7. The third-order valence-corrected chi connectivity index (χ3v) is 8.43. The highest BCUT2D eigenvalue weighted by atomic mass is 32.2. The summed E-state index contributed by atoms with van der Waals surface area (Å²) in [7, 11) is 3.28. The van der Waals surface area contributed by atoms with Crippen molar-refractivity contribution in [3.63, 3.8) is 0 Å². The zero-order valence-electron chi connectivity index (χ0n) is 23.7. The molecule has 3 aromatic rings. The summed E-state index contributed by atoms with van der Waals surface area (Å²) in [5.74, 6) is 1.37. The summed E-state index contributed by atoms with van der Waals surface area (Å²) in [6.07, 6.45) is 2.36. The van der Waals surface area contributed by atoms with E-state index in [-0.39, 0.29) is 18.0 Å². The van der Waals surface area contributed by atoms with Gasteiger partial charge in [0.2, 0.25) is 0 Å². The van der Waals surface area contributed by atoms with Crippen LogP contribution in [0, 0.1) is 0 Å². The van der Waals surface area contributed by atoms with Gasteiger partial charge in [-0.05, 0) is 54.1 Å². The molecule has 8 nitrogen and oxygen atoms in total. The molecule has 0 radical (unpaired) electrons. The molecular formula is C32H36N2O6S. The number of nitrogens with zero attached hydrogens (tertiary/aromatic N) is 1. The van der Waals surface area contributed by atoms with Crippen LogP contribution in [0.3, 0.4) is 0 Å². The zero-order valence-corrected chi connectivity index (χ0v) is 24.5. The lowest BCUT2D eigenvalue weighted by molar-refractivity contribution is -0.124. The van der Waals surface area contributed by atoms with Crippen molar-refractivity contribution in [3.05, 3.63) is 107 Å². The monoisotopic (exact) mass is 576 g/mol. The van der Waals surface area contributed by atoms with E-state index in [2.05, 4.69) is 5.32 Å². The van der Waals surface area contributed by atoms with Crippen LogP contribution in [0.4, 0.5) is 0 Å². The van der Waals surface area contributed by atoms with Gasteiger partial charge in [0, 0.05) is 18.2 Å². The summed E-state index contributed by atoms with van der Waals surface area (Å²) in [6.45, 7) is 1.89. The third-order valence-electron chi connectivity index (χ3n) is 7.62. The SMILES string of the molecule is COc1ccc(C(OC[C@H]2O[C@@H](N3C=C(C)C(=O)NC3SC)C[C@H]2O)(c2ccccc2)c2ccc(OC)cc2)cc1. The van der Waals surface area contributed by atoms with Crippen LogP contribution in [0.5, 0.6) is 11.5 Å². The highest BCUT2D eigenvalue weighted by Crippen LogP contribution is 2.42. The molecule has 2 aliphatic rings. The lowest BCUT2D eigenvalue weighted by atomic mass is 9.80. The summed E-state index contributed by atoms with van der Waals surface area (Å²) in [5, 5.41) is 14.1. The molecule has 2 N–H and O–H groups in total. The van der Waals surface area contributed by atoms with Crippen LogP contribution in [0.15, 0.2) is 90.6 Å². The van der Waals surface area contributed by atoms with E-state index in [1.54, 1.807) is 21.1 Å². The molecule has 216 valence electrons. The lowest BCUT2D eigenvalue weighted by Crippen LogP contribution is -2.51. The number of nitrogens with one attached hydrogen (secondary N) is 1. The Morgan fingerprint density at radius 2 is 1.51 bits per heavy atom. The van der Waals surface area contributed by atoms with E-state index in [4.69, 9.17) is 18.9 Å². The number of rotatable bonds is 10. The Bertz CT molecular complexity index is 1300. The van der Waals surface area contributed by atoms with Gasteiger partial charge in [-0.15, -0.1) is 11.8 Å². The summed E-state index contributed by atoms with van der Waals surface area (Å²) in [4.78, 5) is 14.2. The maximum atomic E-state index is 12.2. The number of hydrogen-bond donors (Lipinski definition) is 2. The molecular weight excluding hydrogens is 540 g/mol. The molecule has 1 saturated heterocycles. The van der Waals surface area contributed by atoms with E-state index in [1.165, 1.54) is 11.8 Å². The number of hydrogen-bond acceptors (Lipinski definition) is 8. The van der Waals surface area contributed by atoms with E-state index in [1.807, 2.05) is 96.2 Å². The standard InChI is InChI=1S/C32H36N2O6S/c1-21-19-34(31(41-4)33-30(21)36)29-18-27(35)28(40-29)20-39-32(22-8-6-5-7-9-22,23-10-14-25(37-2)15-11-23)24-12-16-26(38-3)17-13-24/h5-17,19,27-29,31,35H,18,20H2,1-4H3,(H,33,36)/t27-,28-,29-,31?/m1/s1. The Morgan fingerprint density at radius 1 is 0.951 bits per heavy atom. The smallest absolute Gasteiger partial charge is 0.250 e. The van der Waals surface area contributed by atoms with Gasteiger partial charge >= 0.3 is 0 Å². The first kappa shape index (κ1) is 29.0. The fourth-order valence-corrected chi connectivity index (χ4v) is 6.06. The van der Waals surface area contributed by atoms with Gasteiger partial charge in [0.15, 0.2) is 5.50 Å². The van der Waals surface area contributed by atoms with Crippen LogP contribution in [-0.2, 0) is 19.9 Å². The van der Waals surface area contributed by atoms with Gasteiger partial charge in [-0.25, -0.2) is 0 Å². The molecule has 0 saturated carbocycles. The molecule has 0 aliphatic carbocycles. The number of methoxy groups -OCH3 is 2. The van der Waals surface area contributed by atoms with E-state index in [0.29, 0.717) is 12.0 Å². The molecule has 4 atom stereocenters. The number of thioether (sulfide) groups is 1. The van der Waals surface area contributed by atoms with Crippen molar-refractivity contribution in [3.8, 4) is 11.5 Å². The maximum absolute atomic E-state index is 12.2. The van der Waals surface area contributed by atoms with Crippen molar-refractivity contribution in [2.45, 2.75) is 42.9 Å². The molecule has 0 spiro atoms. The Kier molecular flexibility index (Phi) is 8.89.